The summed E-state index contributed by atoms with van der Waals surface area (Å²) in [5, 5.41) is 9.20. The first kappa shape index (κ1) is 15.9. The summed E-state index contributed by atoms with van der Waals surface area (Å²) in [7, 11) is -3.81. The number of rotatable bonds is 7. The van der Waals surface area contributed by atoms with Crippen molar-refractivity contribution in [3.63, 3.8) is 0 Å². The van der Waals surface area contributed by atoms with Crippen LogP contribution in [0.3, 0.4) is 0 Å². The van der Waals surface area contributed by atoms with Crippen LogP contribution in [0.5, 0.6) is 0 Å². The third-order valence-electron chi connectivity index (χ3n) is 3.56. The van der Waals surface area contributed by atoms with Crippen molar-refractivity contribution in [2.24, 2.45) is 0 Å². The van der Waals surface area contributed by atoms with E-state index in [9.17, 15) is 18.3 Å². The minimum Gasteiger partial charge on any atom is -0.480 e. The highest BCUT2D eigenvalue weighted by molar-refractivity contribution is 7.87. The lowest BCUT2D eigenvalue weighted by Gasteiger charge is -2.18. The smallest absolute Gasteiger partial charge is 0.322 e. The largest absolute Gasteiger partial charge is 0.480 e. The van der Waals surface area contributed by atoms with E-state index < -0.39 is 22.2 Å². The maximum absolute atomic E-state index is 12.0. The second-order valence-electron chi connectivity index (χ2n) is 5.30. The van der Waals surface area contributed by atoms with Gasteiger partial charge in [-0.3, -0.25) is 4.79 Å². The molecule has 6 nitrogen and oxygen atoms in total. The van der Waals surface area contributed by atoms with Crippen molar-refractivity contribution in [3.05, 3.63) is 35.9 Å². The predicted molar refractivity (Wildman–Crippen MR) is 79.0 cm³/mol. The van der Waals surface area contributed by atoms with E-state index in [1.807, 2.05) is 6.07 Å². The fourth-order valence-electron chi connectivity index (χ4n) is 2.51. The first-order chi connectivity index (χ1) is 9.96. The van der Waals surface area contributed by atoms with Crippen LogP contribution in [0.4, 0.5) is 0 Å². The molecule has 0 spiro atoms. The summed E-state index contributed by atoms with van der Waals surface area (Å²) in [5.41, 5.74) is 0.772. The number of hydrogen-bond acceptors (Lipinski definition) is 3. The minimum atomic E-state index is -3.81. The Kier molecular flexibility index (Phi) is 5.33. The monoisotopic (exact) mass is 312 g/mol. The van der Waals surface area contributed by atoms with E-state index in [-0.39, 0.29) is 12.5 Å². The third kappa shape index (κ3) is 5.11. The molecule has 2 rings (SSSR count). The molecule has 0 aromatic heterocycles. The summed E-state index contributed by atoms with van der Waals surface area (Å²) in [6, 6.07) is 7.69. The van der Waals surface area contributed by atoms with E-state index in [4.69, 9.17) is 0 Å². The van der Waals surface area contributed by atoms with Crippen molar-refractivity contribution < 1.29 is 18.3 Å². The topological polar surface area (TPSA) is 95.5 Å². The van der Waals surface area contributed by atoms with Crippen molar-refractivity contribution in [2.45, 2.75) is 44.2 Å². The van der Waals surface area contributed by atoms with Gasteiger partial charge in [-0.15, -0.1) is 0 Å². The number of carboxylic acids is 1. The number of aliphatic carboxylic acids is 1. The van der Waals surface area contributed by atoms with Gasteiger partial charge in [0.2, 0.25) is 0 Å². The van der Waals surface area contributed by atoms with Gasteiger partial charge in [-0.25, -0.2) is 0 Å². The number of benzene rings is 1. The predicted octanol–water partition coefficient (Wildman–Crippen LogP) is 1.05. The zero-order chi connectivity index (χ0) is 15.3. The molecule has 1 aliphatic rings. The molecule has 0 saturated heterocycles. The molecule has 21 heavy (non-hydrogen) atoms. The van der Waals surface area contributed by atoms with Crippen LogP contribution < -0.4 is 9.44 Å². The molecule has 0 unspecified atom stereocenters. The molecule has 0 radical (unpaired) electrons. The Morgan fingerprint density at radius 3 is 2.43 bits per heavy atom. The van der Waals surface area contributed by atoms with Gasteiger partial charge in [-0.2, -0.15) is 17.9 Å². The molecule has 1 aromatic carbocycles. The van der Waals surface area contributed by atoms with Crippen molar-refractivity contribution >= 4 is 16.2 Å². The van der Waals surface area contributed by atoms with Crippen molar-refractivity contribution in [2.75, 3.05) is 0 Å². The number of carboxylic acid groups (broad SMARTS) is 1. The Bertz CT molecular complexity index is 568. The van der Waals surface area contributed by atoms with Gasteiger partial charge >= 0.3 is 5.97 Å². The fraction of sp³-hybridized carbons (Fsp3) is 0.500. The standard InChI is InChI=1S/C14H20N2O4S/c17-14(18)13(10-11-6-2-1-3-7-11)16-21(19,20)15-12-8-4-5-9-12/h1-3,6-7,12-13,15-16H,4-5,8-10H2,(H,17,18)/t13-/m0/s1. The number of nitrogens with one attached hydrogen (secondary N) is 2. The first-order valence-corrected chi connectivity index (χ1v) is 8.51. The zero-order valence-corrected chi connectivity index (χ0v) is 12.5. The molecule has 3 N–H and O–H groups in total. The average Bonchev–Trinajstić information content (AvgIpc) is 2.91. The van der Waals surface area contributed by atoms with Gasteiger partial charge < -0.3 is 5.11 Å². The van der Waals surface area contributed by atoms with Crippen LogP contribution in [0.25, 0.3) is 0 Å². The van der Waals surface area contributed by atoms with Crippen LogP contribution in [-0.4, -0.2) is 31.6 Å². The Labute approximate surface area is 124 Å². The lowest BCUT2D eigenvalue weighted by Crippen LogP contribution is -2.49. The van der Waals surface area contributed by atoms with Crippen LogP contribution in [0.2, 0.25) is 0 Å². The Morgan fingerprint density at radius 1 is 1.24 bits per heavy atom. The molecule has 0 aliphatic heterocycles. The molecule has 0 heterocycles. The average molecular weight is 312 g/mol. The van der Waals surface area contributed by atoms with E-state index in [1.165, 1.54) is 0 Å². The van der Waals surface area contributed by atoms with Crippen molar-refractivity contribution in [1.29, 1.82) is 0 Å². The molecule has 0 bridgehead atoms. The summed E-state index contributed by atoms with van der Waals surface area (Å²) >= 11 is 0. The lowest BCUT2D eigenvalue weighted by atomic mass is 10.1. The molecule has 116 valence electrons. The zero-order valence-electron chi connectivity index (χ0n) is 11.7. The lowest BCUT2D eigenvalue weighted by molar-refractivity contribution is -0.138. The van der Waals surface area contributed by atoms with Crippen molar-refractivity contribution in [3.8, 4) is 0 Å². The molecule has 7 heteroatoms. The summed E-state index contributed by atoms with van der Waals surface area (Å²) in [6.45, 7) is 0. The van der Waals surface area contributed by atoms with E-state index in [0.717, 1.165) is 31.2 Å². The van der Waals surface area contributed by atoms with Gasteiger partial charge in [-0.05, 0) is 24.8 Å². The second-order valence-corrected chi connectivity index (χ2v) is 6.78. The van der Waals surface area contributed by atoms with E-state index in [0.29, 0.717) is 0 Å². The first-order valence-electron chi connectivity index (χ1n) is 7.02. The quantitative estimate of drug-likeness (QED) is 0.701. The van der Waals surface area contributed by atoms with Crippen LogP contribution in [0.1, 0.15) is 31.2 Å². The summed E-state index contributed by atoms with van der Waals surface area (Å²) in [4.78, 5) is 11.3. The molecule has 1 fully saturated rings. The molecule has 1 aliphatic carbocycles. The molecule has 1 aromatic rings. The molecular weight excluding hydrogens is 292 g/mol. The summed E-state index contributed by atoms with van der Waals surface area (Å²) in [6.07, 6.45) is 3.72. The normalized spacial score (nSPS) is 17.7. The van der Waals surface area contributed by atoms with Crippen molar-refractivity contribution in [1.82, 2.24) is 9.44 Å². The third-order valence-corrected chi connectivity index (χ3v) is 4.79. The maximum Gasteiger partial charge on any atom is 0.322 e. The summed E-state index contributed by atoms with van der Waals surface area (Å²) in [5.74, 6) is -1.18. The highest BCUT2D eigenvalue weighted by Gasteiger charge is 2.27. The maximum atomic E-state index is 12.0. The van der Waals surface area contributed by atoms with E-state index in [2.05, 4.69) is 9.44 Å². The highest BCUT2D eigenvalue weighted by atomic mass is 32.2. The second kappa shape index (κ2) is 7.02. The van der Waals surface area contributed by atoms with Gasteiger partial charge in [0.15, 0.2) is 0 Å². The Balaban J connectivity index is 2.00. The Morgan fingerprint density at radius 2 is 1.86 bits per heavy atom. The van der Waals surface area contributed by atoms with Crippen LogP contribution in [0, 0.1) is 0 Å². The molecule has 1 atom stereocenters. The van der Waals surface area contributed by atoms with E-state index in [1.54, 1.807) is 24.3 Å². The number of carbonyl (C=O) groups is 1. The van der Waals surface area contributed by atoms with Gasteiger partial charge in [-0.1, -0.05) is 43.2 Å². The SMILES string of the molecule is O=C(O)[C@H](Cc1ccccc1)NS(=O)(=O)NC1CCCC1. The van der Waals surface area contributed by atoms with Crippen LogP contribution in [0.15, 0.2) is 30.3 Å². The van der Waals surface area contributed by atoms with E-state index >= 15 is 0 Å². The minimum absolute atomic E-state index is 0.0892. The summed E-state index contributed by atoms with van der Waals surface area (Å²) < 4.78 is 28.8. The number of hydrogen-bond donors (Lipinski definition) is 3. The van der Waals surface area contributed by atoms with Gasteiger partial charge in [0.25, 0.3) is 10.2 Å². The molecule has 0 amide bonds. The van der Waals surface area contributed by atoms with Gasteiger partial charge in [0, 0.05) is 6.04 Å². The highest BCUT2D eigenvalue weighted by Crippen LogP contribution is 2.18. The fourth-order valence-corrected chi connectivity index (χ4v) is 3.81. The van der Waals surface area contributed by atoms with Crippen LogP contribution >= 0.6 is 0 Å². The van der Waals surface area contributed by atoms with Crippen LogP contribution in [-0.2, 0) is 21.4 Å². The Hall–Kier alpha value is -1.44. The van der Waals surface area contributed by atoms with Gasteiger partial charge in [0.1, 0.15) is 6.04 Å². The molecular formula is C14H20N2O4S. The van der Waals surface area contributed by atoms with Gasteiger partial charge in [0.05, 0.1) is 0 Å². The molecule has 1 saturated carbocycles.